The van der Waals surface area contributed by atoms with Crippen LogP contribution in [0.25, 0.3) is 0 Å². The molecule has 0 radical (unpaired) electrons. The molecule has 0 aromatic heterocycles. The summed E-state index contributed by atoms with van der Waals surface area (Å²) in [6.07, 6.45) is 2.54. The predicted octanol–water partition coefficient (Wildman–Crippen LogP) is 0.901. The molecular weight excluding hydrogens is 204 g/mol. The molecule has 4 nitrogen and oxygen atoms in total. The number of hydrogen-bond acceptors (Lipinski definition) is 3. The van der Waals surface area contributed by atoms with Gasteiger partial charge < -0.3 is 14.9 Å². The van der Waals surface area contributed by atoms with Crippen LogP contribution < -0.4 is 0 Å². The largest absolute Gasteiger partial charge is 0.478 e. The summed E-state index contributed by atoms with van der Waals surface area (Å²) >= 11 is 0. The molecule has 0 aromatic carbocycles. The Morgan fingerprint density at radius 3 is 2.81 bits per heavy atom. The molecule has 0 saturated carbocycles. The molecular formula is C12H22N2O2. The Labute approximate surface area is 97.5 Å². The van der Waals surface area contributed by atoms with Crippen molar-refractivity contribution in [3.05, 3.63) is 11.6 Å². The van der Waals surface area contributed by atoms with Crippen molar-refractivity contribution in [3.63, 3.8) is 0 Å². The SMILES string of the molecule is CC(=CC(=O)O)CN(C)CC1CCN(C)C1. The molecule has 0 spiro atoms. The molecule has 0 aromatic rings. The van der Waals surface area contributed by atoms with E-state index >= 15 is 0 Å². The van der Waals surface area contributed by atoms with Gasteiger partial charge >= 0.3 is 5.97 Å². The highest BCUT2D eigenvalue weighted by molar-refractivity contribution is 5.80. The molecule has 16 heavy (non-hydrogen) atoms. The molecule has 92 valence electrons. The number of aliphatic carboxylic acids is 1. The summed E-state index contributed by atoms with van der Waals surface area (Å²) in [5.41, 5.74) is 0.904. The summed E-state index contributed by atoms with van der Waals surface area (Å²) < 4.78 is 0. The molecule has 1 N–H and O–H groups in total. The maximum atomic E-state index is 10.5. The Bertz CT molecular complexity index is 276. The summed E-state index contributed by atoms with van der Waals surface area (Å²) in [5, 5.41) is 8.61. The van der Waals surface area contributed by atoms with Crippen LogP contribution in [0, 0.1) is 5.92 Å². The first kappa shape index (κ1) is 13.2. The van der Waals surface area contributed by atoms with Gasteiger partial charge in [-0.25, -0.2) is 4.79 Å². The Balaban J connectivity index is 2.30. The number of likely N-dealkylation sites (N-methyl/N-ethyl adjacent to an activating group) is 1. The van der Waals surface area contributed by atoms with Gasteiger partial charge in [-0.3, -0.25) is 0 Å². The number of carboxylic acid groups (broad SMARTS) is 1. The molecule has 1 aliphatic rings. The summed E-state index contributed by atoms with van der Waals surface area (Å²) in [4.78, 5) is 15.0. The van der Waals surface area contributed by atoms with E-state index in [4.69, 9.17) is 5.11 Å². The van der Waals surface area contributed by atoms with Crippen LogP contribution in [0.15, 0.2) is 11.6 Å². The van der Waals surface area contributed by atoms with Gasteiger partial charge in [0.1, 0.15) is 0 Å². The van der Waals surface area contributed by atoms with Gasteiger partial charge in [0, 0.05) is 25.7 Å². The van der Waals surface area contributed by atoms with Crippen LogP contribution in [-0.4, -0.2) is 61.2 Å². The van der Waals surface area contributed by atoms with Crippen molar-refractivity contribution < 1.29 is 9.90 Å². The summed E-state index contributed by atoms with van der Waals surface area (Å²) in [5.74, 6) is -0.126. The number of carboxylic acids is 1. The molecule has 1 heterocycles. The fourth-order valence-corrected chi connectivity index (χ4v) is 2.36. The van der Waals surface area contributed by atoms with Crippen LogP contribution in [0.5, 0.6) is 0 Å². The minimum Gasteiger partial charge on any atom is -0.478 e. The lowest BCUT2D eigenvalue weighted by Crippen LogP contribution is -2.28. The maximum Gasteiger partial charge on any atom is 0.328 e. The lowest BCUT2D eigenvalue weighted by Gasteiger charge is -2.21. The quantitative estimate of drug-likeness (QED) is 0.707. The molecule has 1 atom stereocenters. The van der Waals surface area contributed by atoms with E-state index in [-0.39, 0.29) is 0 Å². The second-order valence-electron chi connectivity index (χ2n) is 4.94. The Kier molecular flexibility index (Phi) is 4.96. The average molecular weight is 226 g/mol. The topological polar surface area (TPSA) is 43.8 Å². The molecule has 4 heteroatoms. The van der Waals surface area contributed by atoms with Gasteiger partial charge in [-0.1, -0.05) is 5.57 Å². The molecule has 1 saturated heterocycles. The van der Waals surface area contributed by atoms with E-state index in [1.54, 1.807) is 0 Å². The second kappa shape index (κ2) is 6.01. The molecule has 1 aliphatic heterocycles. The van der Waals surface area contributed by atoms with Crippen molar-refractivity contribution in [2.45, 2.75) is 13.3 Å². The standard InChI is InChI=1S/C12H22N2O2/c1-10(6-12(15)16)7-14(3)9-11-4-5-13(2)8-11/h6,11H,4-5,7-9H2,1-3H3,(H,15,16). The molecule has 0 aliphatic carbocycles. The van der Waals surface area contributed by atoms with Crippen LogP contribution in [-0.2, 0) is 4.79 Å². The Morgan fingerprint density at radius 1 is 1.62 bits per heavy atom. The third-order valence-corrected chi connectivity index (χ3v) is 2.95. The van der Waals surface area contributed by atoms with E-state index in [9.17, 15) is 4.79 Å². The third kappa shape index (κ3) is 4.77. The van der Waals surface area contributed by atoms with E-state index in [0.717, 1.165) is 31.1 Å². The normalized spacial score (nSPS) is 23.0. The van der Waals surface area contributed by atoms with Crippen molar-refractivity contribution in [2.24, 2.45) is 5.92 Å². The van der Waals surface area contributed by atoms with Crippen molar-refractivity contribution in [2.75, 3.05) is 40.3 Å². The Morgan fingerprint density at radius 2 is 2.31 bits per heavy atom. The second-order valence-corrected chi connectivity index (χ2v) is 4.94. The minimum atomic E-state index is -0.855. The zero-order valence-electron chi connectivity index (χ0n) is 10.4. The van der Waals surface area contributed by atoms with Gasteiger partial charge in [-0.2, -0.15) is 0 Å². The predicted molar refractivity (Wildman–Crippen MR) is 64.5 cm³/mol. The highest BCUT2D eigenvalue weighted by Gasteiger charge is 2.20. The van der Waals surface area contributed by atoms with Crippen LogP contribution >= 0.6 is 0 Å². The number of nitrogens with zero attached hydrogens (tertiary/aromatic N) is 2. The van der Waals surface area contributed by atoms with Crippen LogP contribution in [0.3, 0.4) is 0 Å². The van der Waals surface area contributed by atoms with Crippen LogP contribution in [0.4, 0.5) is 0 Å². The summed E-state index contributed by atoms with van der Waals surface area (Å²) in [6.45, 7) is 6.00. The molecule has 1 rings (SSSR count). The van der Waals surface area contributed by atoms with Crippen molar-refractivity contribution in [1.29, 1.82) is 0 Å². The number of carbonyl (C=O) groups is 1. The fraction of sp³-hybridized carbons (Fsp3) is 0.750. The van der Waals surface area contributed by atoms with E-state index in [1.165, 1.54) is 19.0 Å². The van der Waals surface area contributed by atoms with Gasteiger partial charge in [0.15, 0.2) is 0 Å². The Hall–Kier alpha value is -0.870. The smallest absolute Gasteiger partial charge is 0.328 e. The average Bonchev–Trinajstić information content (AvgIpc) is 2.48. The zero-order valence-corrected chi connectivity index (χ0v) is 10.4. The molecule has 1 fully saturated rings. The van der Waals surface area contributed by atoms with Crippen molar-refractivity contribution >= 4 is 5.97 Å². The minimum absolute atomic E-state index is 0.729. The highest BCUT2D eigenvalue weighted by atomic mass is 16.4. The van der Waals surface area contributed by atoms with Crippen molar-refractivity contribution in [1.82, 2.24) is 9.80 Å². The fourth-order valence-electron chi connectivity index (χ4n) is 2.36. The first-order valence-corrected chi connectivity index (χ1v) is 5.74. The lowest BCUT2D eigenvalue weighted by atomic mass is 10.1. The van der Waals surface area contributed by atoms with Crippen LogP contribution in [0.2, 0.25) is 0 Å². The van der Waals surface area contributed by atoms with Gasteiger partial charge in [-0.15, -0.1) is 0 Å². The van der Waals surface area contributed by atoms with Gasteiger partial charge in [0.2, 0.25) is 0 Å². The monoisotopic (exact) mass is 226 g/mol. The van der Waals surface area contributed by atoms with Gasteiger partial charge in [0.25, 0.3) is 0 Å². The number of rotatable bonds is 5. The van der Waals surface area contributed by atoms with Crippen LogP contribution in [0.1, 0.15) is 13.3 Å². The lowest BCUT2D eigenvalue weighted by molar-refractivity contribution is -0.131. The third-order valence-electron chi connectivity index (χ3n) is 2.95. The number of hydrogen-bond donors (Lipinski definition) is 1. The van der Waals surface area contributed by atoms with E-state index in [0.29, 0.717) is 0 Å². The van der Waals surface area contributed by atoms with E-state index in [1.807, 2.05) is 6.92 Å². The van der Waals surface area contributed by atoms with Crippen molar-refractivity contribution in [3.8, 4) is 0 Å². The summed E-state index contributed by atoms with van der Waals surface area (Å²) in [6, 6.07) is 0. The van der Waals surface area contributed by atoms with E-state index in [2.05, 4.69) is 23.9 Å². The molecule has 1 unspecified atom stereocenters. The van der Waals surface area contributed by atoms with Gasteiger partial charge in [-0.05, 0) is 39.9 Å². The summed E-state index contributed by atoms with van der Waals surface area (Å²) in [7, 11) is 4.20. The number of likely N-dealkylation sites (tertiary alicyclic amines) is 1. The first-order valence-electron chi connectivity index (χ1n) is 5.74. The molecule has 0 bridgehead atoms. The maximum absolute atomic E-state index is 10.5. The highest BCUT2D eigenvalue weighted by Crippen LogP contribution is 2.15. The van der Waals surface area contributed by atoms with Gasteiger partial charge in [0.05, 0.1) is 0 Å². The van der Waals surface area contributed by atoms with E-state index < -0.39 is 5.97 Å². The molecule has 0 amide bonds. The first-order chi connectivity index (χ1) is 7.47. The zero-order chi connectivity index (χ0) is 12.1.